The van der Waals surface area contributed by atoms with Gasteiger partial charge in [0.2, 0.25) is 0 Å². The van der Waals surface area contributed by atoms with Crippen molar-refractivity contribution < 1.29 is 27.8 Å². The average molecular weight is 310 g/mol. The van der Waals surface area contributed by atoms with E-state index in [9.17, 15) is 23.1 Å². The average Bonchev–Trinajstić information content (AvgIpc) is 2.47. The number of aliphatic carboxylic acids is 1. The molecule has 0 aromatic heterocycles. The molecule has 0 aliphatic carbocycles. The molecular weight excluding hydrogens is 297 g/mol. The first-order valence-electron chi connectivity index (χ1n) is 6.53. The minimum absolute atomic E-state index is 0.0292. The van der Waals surface area contributed by atoms with Crippen LogP contribution < -0.4 is 4.74 Å². The topological polar surface area (TPSA) is 46.5 Å². The van der Waals surface area contributed by atoms with Gasteiger partial charge in [-0.2, -0.15) is 0 Å². The van der Waals surface area contributed by atoms with Crippen molar-refractivity contribution in [1.29, 1.82) is 0 Å². The molecule has 0 saturated heterocycles. The van der Waals surface area contributed by atoms with Crippen molar-refractivity contribution in [2.45, 2.75) is 12.3 Å². The Morgan fingerprint density at radius 1 is 1.09 bits per heavy atom. The van der Waals surface area contributed by atoms with Crippen LogP contribution in [0.4, 0.5) is 13.2 Å². The van der Waals surface area contributed by atoms with E-state index in [0.717, 1.165) is 18.2 Å². The van der Waals surface area contributed by atoms with Crippen molar-refractivity contribution in [2.75, 3.05) is 6.61 Å². The number of carbonyl (C=O) groups is 1. The van der Waals surface area contributed by atoms with Gasteiger partial charge in [0.1, 0.15) is 11.6 Å². The fraction of sp³-hybridized carbons (Fsp3) is 0.188. The summed E-state index contributed by atoms with van der Waals surface area (Å²) in [5.41, 5.74) is 0.321. The Labute approximate surface area is 125 Å². The first kappa shape index (κ1) is 15.9. The maximum Gasteiger partial charge on any atom is 0.311 e. The molecule has 1 N–H and O–H groups in total. The van der Waals surface area contributed by atoms with E-state index in [1.807, 2.05) is 0 Å². The second kappa shape index (κ2) is 6.98. The summed E-state index contributed by atoms with van der Waals surface area (Å²) in [6, 6.07) is 8.36. The highest BCUT2D eigenvalue weighted by atomic mass is 19.2. The van der Waals surface area contributed by atoms with Gasteiger partial charge in [0.05, 0.1) is 12.5 Å². The Balaban J connectivity index is 2.00. The van der Waals surface area contributed by atoms with E-state index in [4.69, 9.17) is 4.74 Å². The first-order valence-corrected chi connectivity index (χ1v) is 6.53. The van der Waals surface area contributed by atoms with Gasteiger partial charge < -0.3 is 9.84 Å². The molecule has 0 bridgehead atoms. The molecule has 1 atom stereocenters. The molecular formula is C16H13F3O3. The van der Waals surface area contributed by atoms with Crippen molar-refractivity contribution in [3.63, 3.8) is 0 Å². The summed E-state index contributed by atoms with van der Waals surface area (Å²) < 4.78 is 44.2. The molecule has 2 aromatic carbocycles. The number of hydrogen-bond donors (Lipinski definition) is 1. The number of hydrogen-bond acceptors (Lipinski definition) is 2. The van der Waals surface area contributed by atoms with Gasteiger partial charge in [0, 0.05) is 6.07 Å². The van der Waals surface area contributed by atoms with Gasteiger partial charge in [0.25, 0.3) is 0 Å². The molecule has 0 saturated carbocycles. The lowest BCUT2D eigenvalue weighted by Gasteiger charge is -2.13. The number of halogens is 3. The van der Waals surface area contributed by atoms with E-state index in [1.54, 1.807) is 0 Å². The van der Waals surface area contributed by atoms with E-state index in [2.05, 4.69) is 0 Å². The lowest BCUT2D eigenvalue weighted by Crippen LogP contribution is -2.15. The molecule has 0 spiro atoms. The second-order valence-electron chi connectivity index (χ2n) is 4.66. The van der Waals surface area contributed by atoms with Crippen molar-refractivity contribution in [3.8, 4) is 5.75 Å². The lowest BCUT2D eigenvalue weighted by molar-refractivity contribution is -0.139. The minimum Gasteiger partial charge on any atom is -0.493 e. The second-order valence-corrected chi connectivity index (χ2v) is 4.66. The molecule has 6 heteroatoms. The van der Waals surface area contributed by atoms with E-state index < -0.39 is 29.3 Å². The Morgan fingerprint density at radius 2 is 1.86 bits per heavy atom. The number of rotatable bonds is 6. The van der Waals surface area contributed by atoms with E-state index in [1.165, 1.54) is 24.3 Å². The summed E-state index contributed by atoms with van der Waals surface area (Å²) in [4.78, 5) is 11.3. The van der Waals surface area contributed by atoms with Crippen molar-refractivity contribution in [1.82, 2.24) is 0 Å². The third kappa shape index (κ3) is 4.00. The van der Waals surface area contributed by atoms with Gasteiger partial charge >= 0.3 is 5.97 Å². The molecule has 0 amide bonds. The molecule has 2 rings (SSSR count). The third-order valence-corrected chi connectivity index (χ3v) is 3.12. The first-order chi connectivity index (χ1) is 10.5. The molecule has 3 nitrogen and oxygen atoms in total. The third-order valence-electron chi connectivity index (χ3n) is 3.12. The summed E-state index contributed by atoms with van der Waals surface area (Å²) in [5.74, 6) is -4.51. The highest BCUT2D eigenvalue weighted by Gasteiger charge is 2.20. The monoisotopic (exact) mass is 310 g/mol. The van der Waals surface area contributed by atoms with E-state index in [-0.39, 0.29) is 18.8 Å². The number of benzene rings is 2. The van der Waals surface area contributed by atoms with Crippen LogP contribution in [0.25, 0.3) is 0 Å². The quantitative estimate of drug-likeness (QED) is 0.884. The van der Waals surface area contributed by atoms with Crippen LogP contribution in [-0.4, -0.2) is 17.7 Å². The SMILES string of the molecule is O=C(O)C(CCOc1ccc(F)c(F)c1)c1cccc(F)c1. The zero-order valence-electron chi connectivity index (χ0n) is 11.4. The molecule has 0 radical (unpaired) electrons. The van der Waals surface area contributed by atoms with Gasteiger partial charge in [-0.05, 0) is 36.2 Å². The number of carboxylic acids is 1. The summed E-state index contributed by atoms with van der Waals surface area (Å²) in [5, 5.41) is 9.21. The zero-order chi connectivity index (χ0) is 16.1. The number of carboxylic acid groups (broad SMARTS) is 1. The van der Waals surface area contributed by atoms with Crippen LogP contribution in [0.1, 0.15) is 17.9 Å². The predicted octanol–water partition coefficient (Wildman–Crippen LogP) is 3.74. The van der Waals surface area contributed by atoms with Gasteiger partial charge in [-0.1, -0.05) is 12.1 Å². The maximum atomic E-state index is 13.2. The molecule has 0 aliphatic heterocycles. The Kier molecular flexibility index (Phi) is 5.04. The molecule has 0 heterocycles. The van der Waals surface area contributed by atoms with Crippen molar-refractivity contribution in [3.05, 3.63) is 65.5 Å². The fourth-order valence-corrected chi connectivity index (χ4v) is 2.02. The van der Waals surface area contributed by atoms with Crippen molar-refractivity contribution >= 4 is 5.97 Å². The van der Waals surface area contributed by atoms with Crippen LogP contribution in [0.5, 0.6) is 5.75 Å². The molecule has 22 heavy (non-hydrogen) atoms. The summed E-state index contributed by atoms with van der Waals surface area (Å²) in [6.07, 6.45) is 0.0672. The van der Waals surface area contributed by atoms with Gasteiger partial charge in [-0.3, -0.25) is 4.79 Å². The maximum absolute atomic E-state index is 13.2. The van der Waals surface area contributed by atoms with Gasteiger partial charge in [-0.25, -0.2) is 13.2 Å². The van der Waals surface area contributed by atoms with Gasteiger partial charge in [-0.15, -0.1) is 0 Å². The van der Waals surface area contributed by atoms with Crippen molar-refractivity contribution in [2.24, 2.45) is 0 Å². The normalized spacial score (nSPS) is 12.0. The molecule has 0 fully saturated rings. The largest absolute Gasteiger partial charge is 0.493 e. The van der Waals surface area contributed by atoms with Crippen LogP contribution in [0.15, 0.2) is 42.5 Å². The molecule has 116 valence electrons. The van der Waals surface area contributed by atoms with Crippen LogP contribution in [-0.2, 0) is 4.79 Å². The summed E-state index contributed by atoms with van der Waals surface area (Å²) in [7, 11) is 0. The standard InChI is InChI=1S/C16H13F3O3/c17-11-3-1-2-10(8-11)13(16(20)21)6-7-22-12-4-5-14(18)15(19)9-12/h1-5,8-9,13H,6-7H2,(H,20,21). The van der Waals surface area contributed by atoms with E-state index in [0.29, 0.717) is 5.56 Å². The lowest BCUT2D eigenvalue weighted by atomic mass is 9.96. The van der Waals surface area contributed by atoms with Crippen LogP contribution in [0.3, 0.4) is 0 Å². The minimum atomic E-state index is -1.11. The fourth-order valence-electron chi connectivity index (χ4n) is 2.02. The Morgan fingerprint density at radius 3 is 2.50 bits per heavy atom. The van der Waals surface area contributed by atoms with Gasteiger partial charge in [0.15, 0.2) is 11.6 Å². The molecule has 1 unspecified atom stereocenters. The molecule has 0 aliphatic rings. The summed E-state index contributed by atoms with van der Waals surface area (Å²) in [6.45, 7) is -0.0292. The molecule has 2 aromatic rings. The Bertz CT molecular complexity index is 673. The van der Waals surface area contributed by atoms with Crippen LogP contribution >= 0.6 is 0 Å². The van der Waals surface area contributed by atoms with E-state index >= 15 is 0 Å². The smallest absolute Gasteiger partial charge is 0.311 e. The highest BCUT2D eigenvalue weighted by molar-refractivity contribution is 5.76. The van der Waals surface area contributed by atoms with Crippen LogP contribution in [0.2, 0.25) is 0 Å². The number of ether oxygens (including phenoxy) is 1. The predicted molar refractivity (Wildman–Crippen MR) is 73.2 cm³/mol. The van der Waals surface area contributed by atoms with Crippen LogP contribution in [0, 0.1) is 17.5 Å². The highest BCUT2D eigenvalue weighted by Crippen LogP contribution is 2.22. The zero-order valence-corrected chi connectivity index (χ0v) is 11.4. The summed E-state index contributed by atoms with van der Waals surface area (Å²) >= 11 is 0. The Hall–Kier alpha value is -2.50.